The first-order valence-corrected chi connectivity index (χ1v) is 7.35. The Kier molecular flexibility index (Phi) is 4.79. The van der Waals surface area contributed by atoms with Crippen molar-refractivity contribution in [3.63, 3.8) is 0 Å². The predicted octanol–water partition coefficient (Wildman–Crippen LogP) is 4.43. The summed E-state index contributed by atoms with van der Waals surface area (Å²) in [6.07, 6.45) is -0.471. The summed E-state index contributed by atoms with van der Waals surface area (Å²) in [6.45, 7) is 5.45. The molecular formula is C18H22N2O3. The number of anilines is 2. The minimum Gasteiger partial charge on any atom is -0.457 e. The molecule has 0 aromatic heterocycles. The van der Waals surface area contributed by atoms with Crippen LogP contribution in [0.25, 0.3) is 0 Å². The Labute approximate surface area is 136 Å². The van der Waals surface area contributed by atoms with Gasteiger partial charge in [-0.2, -0.15) is 0 Å². The summed E-state index contributed by atoms with van der Waals surface area (Å²) in [5.41, 5.74) is 6.42. The summed E-state index contributed by atoms with van der Waals surface area (Å²) in [5, 5.41) is 0. The van der Waals surface area contributed by atoms with Crippen LogP contribution in [-0.2, 0) is 4.74 Å². The van der Waals surface area contributed by atoms with Crippen molar-refractivity contribution < 1.29 is 14.3 Å². The van der Waals surface area contributed by atoms with Gasteiger partial charge in [0.15, 0.2) is 0 Å². The number of amides is 1. The second-order valence-corrected chi connectivity index (χ2v) is 6.18. The number of nitrogens with two attached hydrogens (primary N) is 1. The van der Waals surface area contributed by atoms with Crippen LogP contribution < -0.4 is 15.4 Å². The smallest absolute Gasteiger partial charge is 0.414 e. The lowest BCUT2D eigenvalue weighted by Gasteiger charge is -2.25. The lowest BCUT2D eigenvalue weighted by atomic mass is 10.2. The Bertz CT molecular complexity index is 678. The van der Waals surface area contributed by atoms with Gasteiger partial charge in [-0.25, -0.2) is 4.79 Å². The highest BCUT2D eigenvalue weighted by molar-refractivity contribution is 5.91. The van der Waals surface area contributed by atoms with E-state index in [9.17, 15) is 4.79 Å². The lowest BCUT2D eigenvalue weighted by Crippen LogP contribution is -2.34. The van der Waals surface area contributed by atoms with E-state index in [0.717, 1.165) is 0 Å². The molecule has 0 atom stereocenters. The predicted molar refractivity (Wildman–Crippen MR) is 92.0 cm³/mol. The Balaban J connectivity index is 2.21. The van der Waals surface area contributed by atoms with Gasteiger partial charge in [0.2, 0.25) is 0 Å². The van der Waals surface area contributed by atoms with Gasteiger partial charge in [-0.3, -0.25) is 4.90 Å². The van der Waals surface area contributed by atoms with E-state index < -0.39 is 11.7 Å². The van der Waals surface area contributed by atoms with Crippen LogP contribution in [0, 0.1) is 0 Å². The number of hydrogen-bond acceptors (Lipinski definition) is 4. The Morgan fingerprint density at radius 1 is 1.04 bits per heavy atom. The molecule has 23 heavy (non-hydrogen) atoms. The van der Waals surface area contributed by atoms with Crippen molar-refractivity contribution in [2.75, 3.05) is 17.7 Å². The van der Waals surface area contributed by atoms with Gasteiger partial charge in [-0.1, -0.05) is 18.2 Å². The van der Waals surface area contributed by atoms with Crippen molar-refractivity contribution >= 4 is 17.5 Å². The van der Waals surface area contributed by atoms with E-state index in [1.807, 2.05) is 51.1 Å². The molecule has 5 heteroatoms. The highest BCUT2D eigenvalue weighted by Crippen LogP contribution is 2.31. The van der Waals surface area contributed by atoms with Crippen molar-refractivity contribution in [3.05, 3.63) is 48.5 Å². The summed E-state index contributed by atoms with van der Waals surface area (Å²) in [5.74, 6) is 1.30. The molecule has 0 heterocycles. The maximum atomic E-state index is 12.2. The Morgan fingerprint density at radius 2 is 1.70 bits per heavy atom. The minimum absolute atomic E-state index is 0.471. The van der Waals surface area contributed by atoms with Gasteiger partial charge in [0.1, 0.15) is 17.1 Å². The highest BCUT2D eigenvalue weighted by Gasteiger charge is 2.22. The molecule has 0 saturated carbocycles. The van der Waals surface area contributed by atoms with Gasteiger partial charge in [0.05, 0.1) is 11.4 Å². The maximum absolute atomic E-state index is 12.2. The first kappa shape index (κ1) is 16.7. The van der Waals surface area contributed by atoms with E-state index in [0.29, 0.717) is 22.9 Å². The Hall–Kier alpha value is -2.69. The van der Waals surface area contributed by atoms with Crippen LogP contribution in [0.2, 0.25) is 0 Å². The second kappa shape index (κ2) is 6.60. The molecule has 2 aromatic rings. The van der Waals surface area contributed by atoms with Crippen LogP contribution in [0.1, 0.15) is 20.8 Å². The number of rotatable bonds is 3. The number of carbonyl (C=O) groups is 1. The van der Waals surface area contributed by atoms with Crippen molar-refractivity contribution in [1.82, 2.24) is 0 Å². The average Bonchev–Trinajstić information content (AvgIpc) is 2.48. The van der Waals surface area contributed by atoms with E-state index in [4.69, 9.17) is 15.2 Å². The topological polar surface area (TPSA) is 64.8 Å². The van der Waals surface area contributed by atoms with Crippen LogP contribution in [0.15, 0.2) is 48.5 Å². The summed E-state index contributed by atoms with van der Waals surface area (Å²) in [6, 6.07) is 14.6. The van der Waals surface area contributed by atoms with Gasteiger partial charge in [-0.15, -0.1) is 0 Å². The first-order valence-electron chi connectivity index (χ1n) is 7.35. The SMILES string of the molecule is CN(C(=O)OC(C)(C)C)c1cc(Oc2ccccc2)ccc1N. The molecule has 2 N–H and O–H groups in total. The quantitative estimate of drug-likeness (QED) is 0.851. The van der Waals surface area contributed by atoms with E-state index in [-0.39, 0.29) is 0 Å². The van der Waals surface area contributed by atoms with Crippen molar-refractivity contribution in [1.29, 1.82) is 0 Å². The van der Waals surface area contributed by atoms with Crippen molar-refractivity contribution in [3.8, 4) is 11.5 Å². The third-order valence-electron chi connectivity index (χ3n) is 3.01. The summed E-state index contributed by atoms with van der Waals surface area (Å²) < 4.78 is 11.1. The number of carbonyl (C=O) groups excluding carboxylic acids is 1. The highest BCUT2D eigenvalue weighted by atomic mass is 16.6. The molecular weight excluding hydrogens is 292 g/mol. The van der Waals surface area contributed by atoms with Gasteiger partial charge in [0, 0.05) is 13.1 Å². The zero-order valence-corrected chi connectivity index (χ0v) is 13.9. The fraction of sp³-hybridized carbons (Fsp3) is 0.278. The molecule has 0 aliphatic carbocycles. The second-order valence-electron chi connectivity index (χ2n) is 6.18. The maximum Gasteiger partial charge on any atom is 0.414 e. The molecule has 0 radical (unpaired) electrons. The van der Waals surface area contributed by atoms with E-state index in [1.165, 1.54) is 4.90 Å². The number of nitrogens with zero attached hydrogens (tertiary/aromatic N) is 1. The van der Waals surface area contributed by atoms with Gasteiger partial charge in [-0.05, 0) is 45.0 Å². The van der Waals surface area contributed by atoms with Crippen LogP contribution in [0.4, 0.5) is 16.2 Å². The first-order chi connectivity index (χ1) is 10.8. The third kappa shape index (κ3) is 4.64. The minimum atomic E-state index is -0.571. The normalized spacial score (nSPS) is 11.0. The van der Waals surface area contributed by atoms with Crippen LogP contribution in [-0.4, -0.2) is 18.7 Å². The van der Waals surface area contributed by atoms with Crippen LogP contribution in [0.5, 0.6) is 11.5 Å². The molecule has 2 aromatic carbocycles. The molecule has 0 saturated heterocycles. The van der Waals surface area contributed by atoms with Crippen molar-refractivity contribution in [2.24, 2.45) is 0 Å². The largest absolute Gasteiger partial charge is 0.457 e. The summed E-state index contributed by atoms with van der Waals surface area (Å²) in [7, 11) is 1.62. The lowest BCUT2D eigenvalue weighted by molar-refractivity contribution is 0.0589. The number of benzene rings is 2. The van der Waals surface area contributed by atoms with Crippen LogP contribution >= 0.6 is 0 Å². The molecule has 0 aliphatic rings. The zero-order valence-electron chi connectivity index (χ0n) is 13.9. The number of hydrogen-bond donors (Lipinski definition) is 1. The molecule has 0 aliphatic heterocycles. The molecule has 0 spiro atoms. The molecule has 0 fully saturated rings. The molecule has 0 bridgehead atoms. The number of ether oxygens (including phenoxy) is 2. The summed E-state index contributed by atoms with van der Waals surface area (Å²) >= 11 is 0. The third-order valence-corrected chi connectivity index (χ3v) is 3.01. The van der Waals surface area contributed by atoms with E-state index in [1.54, 1.807) is 25.2 Å². The van der Waals surface area contributed by atoms with E-state index in [2.05, 4.69) is 0 Å². The summed E-state index contributed by atoms with van der Waals surface area (Å²) in [4.78, 5) is 13.6. The zero-order chi connectivity index (χ0) is 17.0. The Morgan fingerprint density at radius 3 is 2.30 bits per heavy atom. The molecule has 1 amide bonds. The molecule has 5 nitrogen and oxygen atoms in total. The fourth-order valence-electron chi connectivity index (χ4n) is 1.93. The number of nitrogen functional groups attached to an aromatic ring is 1. The van der Waals surface area contributed by atoms with Gasteiger partial charge < -0.3 is 15.2 Å². The van der Waals surface area contributed by atoms with Gasteiger partial charge >= 0.3 is 6.09 Å². The number of para-hydroxylation sites is 1. The fourth-order valence-corrected chi connectivity index (χ4v) is 1.93. The molecule has 0 unspecified atom stereocenters. The molecule has 122 valence electrons. The molecule has 2 rings (SSSR count). The van der Waals surface area contributed by atoms with Crippen molar-refractivity contribution in [2.45, 2.75) is 26.4 Å². The monoisotopic (exact) mass is 314 g/mol. The average molecular weight is 314 g/mol. The van der Waals surface area contributed by atoms with E-state index >= 15 is 0 Å². The van der Waals surface area contributed by atoms with Crippen LogP contribution in [0.3, 0.4) is 0 Å². The standard InChI is InChI=1S/C18H22N2O3/c1-18(2,3)23-17(21)20(4)16-12-14(10-11-15(16)19)22-13-8-6-5-7-9-13/h5-12H,19H2,1-4H3. The van der Waals surface area contributed by atoms with Gasteiger partial charge in [0.25, 0.3) is 0 Å².